The van der Waals surface area contributed by atoms with E-state index in [-0.39, 0.29) is 0 Å². The fourth-order valence-corrected chi connectivity index (χ4v) is 2.99. The molecule has 2 nitrogen and oxygen atoms in total. The molecule has 2 unspecified atom stereocenters. The first kappa shape index (κ1) is 15.5. The number of hydrogen-bond donors (Lipinski definition) is 1. The Morgan fingerprint density at radius 3 is 2.40 bits per heavy atom. The number of piperidine rings is 1. The quantitative estimate of drug-likeness (QED) is 0.878. The molecule has 112 valence electrons. The van der Waals surface area contributed by atoms with E-state index in [1.54, 1.807) is 0 Å². The standard InChI is InChI=1S/C18H30N2/c1-14-8-9-18(12-15(14)2)17(4)19-13-16(3)20-10-6-5-7-11-20/h8-9,12,16-17,19H,5-7,10-11,13H2,1-4H3. The van der Waals surface area contributed by atoms with Gasteiger partial charge in [-0.05, 0) is 70.3 Å². The second kappa shape index (κ2) is 7.24. The predicted molar refractivity (Wildman–Crippen MR) is 87.2 cm³/mol. The van der Waals surface area contributed by atoms with Crippen LogP contribution in [0.3, 0.4) is 0 Å². The molecule has 2 atom stereocenters. The number of benzene rings is 1. The minimum atomic E-state index is 0.432. The molecule has 0 aromatic heterocycles. The van der Waals surface area contributed by atoms with Crippen molar-refractivity contribution in [2.45, 2.75) is 59.0 Å². The van der Waals surface area contributed by atoms with E-state index in [1.165, 1.54) is 49.0 Å². The Bertz CT molecular complexity index is 421. The van der Waals surface area contributed by atoms with Crippen molar-refractivity contribution in [2.75, 3.05) is 19.6 Å². The number of likely N-dealkylation sites (tertiary alicyclic amines) is 1. The van der Waals surface area contributed by atoms with Gasteiger partial charge in [0.2, 0.25) is 0 Å². The van der Waals surface area contributed by atoms with Gasteiger partial charge in [0.15, 0.2) is 0 Å². The zero-order chi connectivity index (χ0) is 14.5. The van der Waals surface area contributed by atoms with Crippen molar-refractivity contribution in [2.24, 2.45) is 0 Å². The summed E-state index contributed by atoms with van der Waals surface area (Å²) in [5, 5.41) is 3.70. The van der Waals surface area contributed by atoms with Crippen LogP contribution in [0.1, 0.15) is 55.8 Å². The summed E-state index contributed by atoms with van der Waals surface area (Å²) < 4.78 is 0. The largest absolute Gasteiger partial charge is 0.309 e. The predicted octanol–water partition coefficient (Wildman–Crippen LogP) is 3.83. The normalized spacial score (nSPS) is 19.8. The van der Waals surface area contributed by atoms with E-state index in [9.17, 15) is 0 Å². The van der Waals surface area contributed by atoms with Crippen molar-refractivity contribution in [1.82, 2.24) is 10.2 Å². The lowest BCUT2D eigenvalue weighted by Gasteiger charge is -2.33. The topological polar surface area (TPSA) is 15.3 Å². The number of nitrogens with zero attached hydrogens (tertiary/aromatic N) is 1. The maximum absolute atomic E-state index is 3.70. The van der Waals surface area contributed by atoms with Gasteiger partial charge in [0, 0.05) is 18.6 Å². The van der Waals surface area contributed by atoms with Gasteiger partial charge in [0.25, 0.3) is 0 Å². The first-order chi connectivity index (χ1) is 9.58. The number of aryl methyl sites for hydroxylation is 2. The average Bonchev–Trinajstić information content (AvgIpc) is 2.48. The lowest BCUT2D eigenvalue weighted by atomic mass is 10.0. The molecule has 1 N–H and O–H groups in total. The van der Waals surface area contributed by atoms with Crippen LogP contribution in [0.2, 0.25) is 0 Å². The van der Waals surface area contributed by atoms with E-state index in [2.05, 4.69) is 56.1 Å². The maximum atomic E-state index is 3.70. The Kier molecular flexibility index (Phi) is 5.62. The van der Waals surface area contributed by atoms with Gasteiger partial charge in [-0.25, -0.2) is 0 Å². The molecule has 0 bridgehead atoms. The highest BCUT2D eigenvalue weighted by atomic mass is 15.2. The Morgan fingerprint density at radius 1 is 1.05 bits per heavy atom. The minimum Gasteiger partial charge on any atom is -0.309 e. The summed E-state index contributed by atoms with van der Waals surface area (Å²) in [7, 11) is 0. The molecule has 1 aliphatic rings. The van der Waals surface area contributed by atoms with Gasteiger partial charge >= 0.3 is 0 Å². The third-order valence-electron chi connectivity index (χ3n) is 4.76. The lowest BCUT2D eigenvalue weighted by Crippen LogP contribution is -2.43. The molecule has 1 fully saturated rings. The van der Waals surface area contributed by atoms with Crippen LogP contribution in [0, 0.1) is 13.8 Å². The smallest absolute Gasteiger partial charge is 0.0292 e. The summed E-state index contributed by atoms with van der Waals surface area (Å²) in [6, 6.07) is 7.88. The van der Waals surface area contributed by atoms with Crippen LogP contribution in [0.4, 0.5) is 0 Å². The van der Waals surface area contributed by atoms with E-state index in [4.69, 9.17) is 0 Å². The second-order valence-electron chi connectivity index (χ2n) is 6.42. The Labute approximate surface area is 124 Å². The molecule has 2 heteroatoms. The molecule has 1 aromatic rings. The summed E-state index contributed by atoms with van der Waals surface area (Å²) >= 11 is 0. The van der Waals surface area contributed by atoms with Gasteiger partial charge in [0.1, 0.15) is 0 Å². The van der Waals surface area contributed by atoms with Crippen molar-refractivity contribution in [3.8, 4) is 0 Å². The van der Waals surface area contributed by atoms with Gasteiger partial charge < -0.3 is 5.32 Å². The molecule has 0 radical (unpaired) electrons. The summed E-state index contributed by atoms with van der Waals surface area (Å²) in [6.07, 6.45) is 4.16. The van der Waals surface area contributed by atoms with Crippen LogP contribution in [-0.2, 0) is 0 Å². The molecule has 20 heavy (non-hydrogen) atoms. The Balaban J connectivity index is 1.84. The summed E-state index contributed by atoms with van der Waals surface area (Å²) in [6.45, 7) is 12.6. The van der Waals surface area contributed by atoms with E-state index < -0.39 is 0 Å². The van der Waals surface area contributed by atoms with Crippen molar-refractivity contribution in [1.29, 1.82) is 0 Å². The molecule has 0 aliphatic carbocycles. The molecule has 1 aliphatic heterocycles. The molecule has 1 aromatic carbocycles. The van der Waals surface area contributed by atoms with Gasteiger partial charge in [-0.15, -0.1) is 0 Å². The van der Waals surface area contributed by atoms with E-state index >= 15 is 0 Å². The summed E-state index contributed by atoms with van der Waals surface area (Å²) in [5.74, 6) is 0. The van der Waals surface area contributed by atoms with E-state index in [0.717, 1.165) is 6.54 Å². The monoisotopic (exact) mass is 274 g/mol. The van der Waals surface area contributed by atoms with Gasteiger partial charge in [-0.2, -0.15) is 0 Å². The fraction of sp³-hybridized carbons (Fsp3) is 0.667. The second-order valence-corrected chi connectivity index (χ2v) is 6.42. The number of nitrogens with one attached hydrogen (secondary N) is 1. The number of hydrogen-bond acceptors (Lipinski definition) is 2. The van der Waals surface area contributed by atoms with Crippen LogP contribution in [0.15, 0.2) is 18.2 Å². The van der Waals surface area contributed by atoms with Crippen LogP contribution >= 0.6 is 0 Å². The zero-order valence-corrected chi connectivity index (χ0v) is 13.6. The average molecular weight is 274 g/mol. The third-order valence-corrected chi connectivity index (χ3v) is 4.76. The molecule has 0 amide bonds. The van der Waals surface area contributed by atoms with Crippen molar-refractivity contribution >= 4 is 0 Å². The van der Waals surface area contributed by atoms with Crippen molar-refractivity contribution in [3.05, 3.63) is 34.9 Å². The highest BCUT2D eigenvalue weighted by Gasteiger charge is 2.17. The van der Waals surface area contributed by atoms with E-state index in [1.807, 2.05) is 0 Å². The van der Waals surface area contributed by atoms with Crippen LogP contribution in [0.25, 0.3) is 0 Å². The van der Waals surface area contributed by atoms with Crippen molar-refractivity contribution in [3.63, 3.8) is 0 Å². The highest BCUT2D eigenvalue weighted by molar-refractivity contribution is 5.31. The van der Waals surface area contributed by atoms with Gasteiger partial charge in [-0.1, -0.05) is 24.6 Å². The van der Waals surface area contributed by atoms with Gasteiger partial charge in [-0.3, -0.25) is 4.90 Å². The minimum absolute atomic E-state index is 0.432. The third kappa shape index (κ3) is 4.07. The maximum Gasteiger partial charge on any atom is 0.0292 e. The molecule has 2 rings (SSSR count). The summed E-state index contributed by atoms with van der Waals surface area (Å²) in [4.78, 5) is 2.63. The molecular formula is C18H30N2. The SMILES string of the molecule is Cc1ccc(C(C)NCC(C)N2CCCCC2)cc1C. The van der Waals surface area contributed by atoms with Crippen LogP contribution in [-0.4, -0.2) is 30.6 Å². The van der Waals surface area contributed by atoms with Crippen LogP contribution in [0.5, 0.6) is 0 Å². The Morgan fingerprint density at radius 2 is 1.75 bits per heavy atom. The summed E-state index contributed by atoms with van der Waals surface area (Å²) in [5.41, 5.74) is 4.17. The first-order valence-corrected chi connectivity index (χ1v) is 8.12. The lowest BCUT2D eigenvalue weighted by molar-refractivity contribution is 0.168. The zero-order valence-electron chi connectivity index (χ0n) is 13.6. The molecule has 1 heterocycles. The van der Waals surface area contributed by atoms with Crippen molar-refractivity contribution < 1.29 is 0 Å². The van der Waals surface area contributed by atoms with Gasteiger partial charge in [0.05, 0.1) is 0 Å². The Hall–Kier alpha value is -0.860. The molecular weight excluding hydrogens is 244 g/mol. The van der Waals surface area contributed by atoms with E-state index in [0.29, 0.717) is 12.1 Å². The van der Waals surface area contributed by atoms with Crippen LogP contribution < -0.4 is 5.32 Å². The molecule has 0 saturated carbocycles. The molecule has 0 spiro atoms. The fourth-order valence-electron chi connectivity index (χ4n) is 2.99. The first-order valence-electron chi connectivity index (χ1n) is 8.12. The number of rotatable bonds is 5. The molecule has 1 saturated heterocycles. The highest BCUT2D eigenvalue weighted by Crippen LogP contribution is 2.17.